The zero-order valence-electron chi connectivity index (χ0n) is 24.6. The Hall–Kier alpha value is -2.20. The molecule has 6 heteroatoms. The average Bonchev–Trinajstić information content (AvgIpc) is 3.27. The van der Waals surface area contributed by atoms with Crippen LogP contribution in [0.5, 0.6) is 0 Å². The molecule has 5 nitrogen and oxygen atoms in total. The number of hydrogen-bond acceptors (Lipinski definition) is 5. The lowest BCUT2D eigenvalue weighted by molar-refractivity contribution is -0.114. The van der Waals surface area contributed by atoms with Crippen LogP contribution in [0.2, 0.25) is 0 Å². The molecule has 40 heavy (non-hydrogen) atoms. The number of rotatable bonds is 3. The molecule has 4 aliphatic carbocycles. The van der Waals surface area contributed by atoms with Gasteiger partial charge in [-0.1, -0.05) is 30.6 Å². The second-order valence-corrected chi connectivity index (χ2v) is 14.7. The summed E-state index contributed by atoms with van der Waals surface area (Å²) in [5.74, 6) is 5.67. The molecule has 1 heterocycles. The van der Waals surface area contributed by atoms with Crippen molar-refractivity contribution >= 4 is 22.3 Å². The van der Waals surface area contributed by atoms with Gasteiger partial charge in [0.15, 0.2) is 5.78 Å². The maximum Gasteiger partial charge on any atom is 0.156 e. The summed E-state index contributed by atoms with van der Waals surface area (Å²) >= 11 is 0. The smallest absolute Gasteiger partial charge is 0.156 e. The van der Waals surface area contributed by atoms with Crippen molar-refractivity contribution < 1.29 is 18.8 Å². The third-order valence-corrected chi connectivity index (χ3v) is 11.7. The van der Waals surface area contributed by atoms with E-state index in [0.717, 1.165) is 63.1 Å². The first-order valence-corrected chi connectivity index (χ1v) is 16.4. The van der Waals surface area contributed by atoms with Crippen LogP contribution >= 0.6 is 0 Å². The second-order valence-electron chi connectivity index (χ2n) is 13.0. The van der Waals surface area contributed by atoms with Gasteiger partial charge in [-0.2, -0.15) is 0 Å². The molecular formula is C34H45NO4S. The highest BCUT2D eigenvalue weighted by Crippen LogP contribution is 2.63. The molecular weight excluding hydrogens is 518 g/mol. The molecule has 3 fully saturated rings. The number of ether oxygens (including phenoxy) is 1. The summed E-state index contributed by atoms with van der Waals surface area (Å²) in [7, 11) is 0.931. The van der Waals surface area contributed by atoms with Crippen molar-refractivity contribution in [2.24, 2.45) is 17.3 Å². The molecule has 1 saturated heterocycles. The number of aliphatic hydroxyl groups is 1. The summed E-state index contributed by atoms with van der Waals surface area (Å²) in [6.07, 6.45) is 13.5. The largest absolute Gasteiger partial charge is 0.393 e. The van der Waals surface area contributed by atoms with E-state index < -0.39 is 10.8 Å². The number of fused-ring (bicyclic) bond motifs is 4. The highest BCUT2D eigenvalue weighted by Gasteiger charge is 2.56. The fourth-order valence-corrected chi connectivity index (χ4v) is 8.86. The Morgan fingerprint density at radius 2 is 1.80 bits per heavy atom. The van der Waals surface area contributed by atoms with Crippen LogP contribution in [0.4, 0.5) is 5.69 Å². The number of nitrogens with zero attached hydrogens (tertiary/aromatic N) is 1. The number of carbonyl (C=O) groups is 1. The van der Waals surface area contributed by atoms with Gasteiger partial charge in [0.1, 0.15) is 5.60 Å². The predicted molar refractivity (Wildman–Crippen MR) is 163 cm³/mol. The van der Waals surface area contributed by atoms with Crippen molar-refractivity contribution in [3.63, 3.8) is 0 Å². The molecule has 216 valence electrons. The number of allylic oxidation sites excluding steroid dienone is 4. The molecule has 0 aromatic heterocycles. The Bertz CT molecular complexity index is 1250. The standard InChI is InChI=1S/C28H35NO3S.C6H10O/c1-28-17-24(18-2-5-20(6-3-18)29-12-14-33(32)15-13-29)27-22-9-7-21(30)16-19(22)4-8-23(27)25(28)10-11-26(28)31;1-5-6(2,3)7-4/h2-3,5-6,16,23-26,31H,4,7-15,17H2,1H3;1H,2-4H3. The van der Waals surface area contributed by atoms with Gasteiger partial charge in [0.05, 0.1) is 6.10 Å². The van der Waals surface area contributed by atoms with Gasteiger partial charge in [0.25, 0.3) is 0 Å². The number of terminal acetylenes is 1. The van der Waals surface area contributed by atoms with E-state index in [1.54, 1.807) is 12.7 Å². The first kappa shape index (κ1) is 29.3. The number of carbonyl (C=O) groups excluding carboxylic acids is 1. The summed E-state index contributed by atoms with van der Waals surface area (Å²) in [5.41, 5.74) is 6.52. The van der Waals surface area contributed by atoms with E-state index in [4.69, 9.17) is 11.2 Å². The lowest BCUT2D eigenvalue weighted by Crippen LogP contribution is -2.45. The highest BCUT2D eigenvalue weighted by molar-refractivity contribution is 7.85. The summed E-state index contributed by atoms with van der Waals surface area (Å²) in [6, 6.07) is 9.08. The Balaban J connectivity index is 0.000000411. The molecule has 0 radical (unpaired) electrons. The van der Waals surface area contributed by atoms with E-state index in [0.29, 0.717) is 24.2 Å². The van der Waals surface area contributed by atoms with E-state index in [9.17, 15) is 14.1 Å². The quantitative estimate of drug-likeness (QED) is 0.488. The fourth-order valence-electron chi connectivity index (χ4n) is 7.80. The molecule has 6 rings (SSSR count). The minimum absolute atomic E-state index is 0.0271. The minimum Gasteiger partial charge on any atom is -0.393 e. The molecule has 1 aromatic rings. The number of aliphatic hydroxyl groups excluding tert-OH is 1. The van der Waals surface area contributed by atoms with Crippen LogP contribution in [-0.4, -0.2) is 58.5 Å². The SMILES string of the molecule is C#CC(C)(C)OC.CC12CC(c3ccc(N4CCS(=O)CC4)cc3)C3=C4CCC(=O)C=C4CCC3C1CCC2O. The average molecular weight is 564 g/mol. The maximum absolute atomic E-state index is 12.2. The summed E-state index contributed by atoms with van der Waals surface area (Å²) in [6.45, 7) is 7.74. The molecule has 1 aromatic carbocycles. The van der Waals surface area contributed by atoms with E-state index in [2.05, 4.69) is 42.0 Å². The first-order chi connectivity index (χ1) is 19.1. The number of anilines is 1. The summed E-state index contributed by atoms with van der Waals surface area (Å²) in [4.78, 5) is 14.5. The van der Waals surface area contributed by atoms with E-state index in [1.165, 1.54) is 22.4 Å². The highest BCUT2D eigenvalue weighted by atomic mass is 32.2. The number of benzene rings is 1. The van der Waals surface area contributed by atoms with Crippen LogP contribution in [0.3, 0.4) is 0 Å². The first-order valence-electron chi connectivity index (χ1n) is 14.9. The Morgan fingerprint density at radius 1 is 1.10 bits per heavy atom. The van der Waals surface area contributed by atoms with Crippen LogP contribution < -0.4 is 4.90 Å². The van der Waals surface area contributed by atoms with Crippen molar-refractivity contribution in [1.29, 1.82) is 0 Å². The third kappa shape index (κ3) is 5.62. The summed E-state index contributed by atoms with van der Waals surface area (Å²) < 4.78 is 16.6. The monoisotopic (exact) mass is 563 g/mol. The Labute approximate surface area is 242 Å². The molecule has 5 atom stereocenters. The number of ketones is 1. The van der Waals surface area contributed by atoms with Crippen molar-refractivity contribution in [2.75, 3.05) is 36.6 Å². The zero-order chi connectivity index (χ0) is 28.7. The lowest BCUT2D eigenvalue weighted by Gasteiger charge is -2.52. The van der Waals surface area contributed by atoms with Gasteiger partial charge in [-0.3, -0.25) is 9.00 Å². The zero-order valence-corrected chi connectivity index (χ0v) is 25.4. The van der Waals surface area contributed by atoms with Crippen LogP contribution in [0.1, 0.15) is 77.2 Å². The Morgan fingerprint density at radius 3 is 2.42 bits per heavy atom. The normalized spacial score (nSPS) is 32.2. The number of methoxy groups -OCH3 is 1. The lowest BCUT2D eigenvalue weighted by atomic mass is 9.53. The van der Waals surface area contributed by atoms with Gasteiger partial charge in [-0.05, 0) is 105 Å². The van der Waals surface area contributed by atoms with Gasteiger partial charge >= 0.3 is 0 Å². The molecule has 1 N–H and O–H groups in total. The molecule has 0 amide bonds. The van der Waals surface area contributed by atoms with Gasteiger partial charge in [-0.15, -0.1) is 6.42 Å². The van der Waals surface area contributed by atoms with E-state index >= 15 is 0 Å². The second kappa shape index (κ2) is 11.6. The van der Waals surface area contributed by atoms with Gasteiger partial charge in [0.2, 0.25) is 0 Å². The molecule has 1 aliphatic heterocycles. The van der Waals surface area contributed by atoms with Crippen LogP contribution in [0.25, 0.3) is 0 Å². The van der Waals surface area contributed by atoms with Crippen LogP contribution in [-0.2, 0) is 20.3 Å². The number of hydrogen-bond donors (Lipinski definition) is 1. The van der Waals surface area contributed by atoms with Crippen molar-refractivity contribution in [2.45, 2.75) is 83.3 Å². The van der Waals surface area contributed by atoms with Crippen molar-refractivity contribution in [3.05, 3.63) is 52.6 Å². The Kier molecular flexibility index (Phi) is 8.49. The van der Waals surface area contributed by atoms with Gasteiger partial charge in [0, 0.05) is 60.5 Å². The fraction of sp³-hybridized carbons (Fsp3) is 0.618. The molecule has 2 saturated carbocycles. The van der Waals surface area contributed by atoms with E-state index in [1.807, 2.05) is 19.9 Å². The molecule has 0 bridgehead atoms. The van der Waals surface area contributed by atoms with Gasteiger partial charge in [-0.25, -0.2) is 0 Å². The van der Waals surface area contributed by atoms with E-state index in [-0.39, 0.29) is 22.9 Å². The van der Waals surface area contributed by atoms with Crippen LogP contribution in [0, 0.1) is 29.6 Å². The van der Waals surface area contributed by atoms with Crippen LogP contribution in [0.15, 0.2) is 47.1 Å². The van der Waals surface area contributed by atoms with Crippen molar-refractivity contribution in [1.82, 2.24) is 0 Å². The molecule has 5 unspecified atom stereocenters. The topological polar surface area (TPSA) is 66.8 Å². The summed E-state index contributed by atoms with van der Waals surface area (Å²) in [5, 5.41) is 11.0. The minimum atomic E-state index is -0.666. The van der Waals surface area contributed by atoms with Crippen molar-refractivity contribution in [3.8, 4) is 12.3 Å². The maximum atomic E-state index is 12.2. The van der Waals surface area contributed by atoms with Gasteiger partial charge < -0.3 is 14.7 Å². The third-order valence-electron chi connectivity index (χ3n) is 10.4. The molecule has 5 aliphatic rings. The molecule has 0 spiro atoms. The predicted octanol–water partition coefficient (Wildman–Crippen LogP) is 5.56.